The molecule has 0 bridgehead atoms. The van der Waals surface area contributed by atoms with E-state index in [2.05, 4.69) is 31.4 Å². The van der Waals surface area contributed by atoms with Gasteiger partial charge in [0.05, 0.1) is 13.5 Å². The molecule has 1 N–H and O–H groups in total. The number of hydrogen-bond acceptors (Lipinski definition) is 5. The standard InChI is InChI=1S/C17H14BrN3O3/c1-23-14-7-5-11(6-8-14)9-15(22)19-17-21-20-16(24-17)12-3-2-4-13(18)10-12/h2-8,10H,9H2,1H3,(H,19,21,22). The summed E-state index contributed by atoms with van der Waals surface area (Å²) in [5, 5.41) is 10.4. The maximum atomic E-state index is 12.1. The molecule has 0 aliphatic heterocycles. The minimum absolute atomic E-state index is 0.0727. The Bertz CT molecular complexity index is 846. The van der Waals surface area contributed by atoms with Crippen molar-refractivity contribution in [1.29, 1.82) is 0 Å². The smallest absolute Gasteiger partial charge is 0.322 e. The number of rotatable bonds is 5. The highest BCUT2D eigenvalue weighted by atomic mass is 79.9. The number of aromatic nitrogens is 2. The monoisotopic (exact) mass is 387 g/mol. The van der Waals surface area contributed by atoms with E-state index >= 15 is 0 Å². The second-order valence-corrected chi connectivity index (χ2v) is 5.91. The third-order valence-electron chi connectivity index (χ3n) is 3.27. The maximum absolute atomic E-state index is 12.1. The molecule has 0 spiro atoms. The SMILES string of the molecule is COc1ccc(CC(=O)Nc2nnc(-c3cccc(Br)c3)o2)cc1. The Morgan fingerprint density at radius 3 is 2.71 bits per heavy atom. The normalized spacial score (nSPS) is 10.4. The minimum Gasteiger partial charge on any atom is -0.497 e. The van der Waals surface area contributed by atoms with E-state index in [-0.39, 0.29) is 18.3 Å². The highest BCUT2D eigenvalue weighted by molar-refractivity contribution is 9.10. The van der Waals surface area contributed by atoms with Crippen LogP contribution in [0.3, 0.4) is 0 Å². The van der Waals surface area contributed by atoms with E-state index in [1.54, 1.807) is 19.2 Å². The molecule has 0 fully saturated rings. The first-order valence-electron chi connectivity index (χ1n) is 7.16. The molecular formula is C17H14BrN3O3. The number of ether oxygens (including phenoxy) is 1. The van der Waals surface area contributed by atoms with Crippen molar-refractivity contribution >= 4 is 27.9 Å². The number of nitrogens with zero attached hydrogens (tertiary/aromatic N) is 2. The van der Waals surface area contributed by atoms with Gasteiger partial charge < -0.3 is 9.15 Å². The van der Waals surface area contributed by atoms with Crippen LogP contribution in [0.15, 0.2) is 57.4 Å². The summed E-state index contributed by atoms with van der Waals surface area (Å²) < 4.78 is 11.5. The number of methoxy groups -OCH3 is 1. The van der Waals surface area contributed by atoms with Gasteiger partial charge in [0, 0.05) is 10.0 Å². The fraction of sp³-hybridized carbons (Fsp3) is 0.118. The van der Waals surface area contributed by atoms with Gasteiger partial charge in [0.1, 0.15) is 5.75 Å². The molecule has 0 aliphatic rings. The summed E-state index contributed by atoms with van der Waals surface area (Å²) in [7, 11) is 1.60. The van der Waals surface area contributed by atoms with Gasteiger partial charge >= 0.3 is 6.01 Å². The van der Waals surface area contributed by atoms with E-state index in [4.69, 9.17) is 9.15 Å². The van der Waals surface area contributed by atoms with E-state index in [0.717, 1.165) is 21.3 Å². The van der Waals surface area contributed by atoms with Crippen LogP contribution in [0.1, 0.15) is 5.56 Å². The van der Waals surface area contributed by atoms with Gasteiger partial charge in [0.2, 0.25) is 11.8 Å². The first kappa shape index (κ1) is 16.2. The number of carbonyl (C=O) groups is 1. The Labute approximate surface area is 147 Å². The van der Waals surface area contributed by atoms with E-state index in [0.29, 0.717) is 5.89 Å². The van der Waals surface area contributed by atoms with Crippen molar-refractivity contribution in [2.75, 3.05) is 12.4 Å². The zero-order chi connectivity index (χ0) is 16.9. The Kier molecular flexibility index (Phi) is 4.90. The summed E-state index contributed by atoms with van der Waals surface area (Å²) in [4.78, 5) is 12.1. The fourth-order valence-electron chi connectivity index (χ4n) is 2.10. The number of hydrogen-bond donors (Lipinski definition) is 1. The molecule has 7 heteroatoms. The zero-order valence-electron chi connectivity index (χ0n) is 12.8. The topological polar surface area (TPSA) is 77.2 Å². The number of halogens is 1. The summed E-state index contributed by atoms with van der Waals surface area (Å²) in [6, 6.07) is 14.8. The van der Waals surface area contributed by atoms with E-state index in [9.17, 15) is 4.79 Å². The van der Waals surface area contributed by atoms with Gasteiger partial charge in [-0.05, 0) is 35.9 Å². The predicted octanol–water partition coefficient (Wildman–Crippen LogP) is 3.69. The first-order valence-corrected chi connectivity index (χ1v) is 7.95. The van der Waals surface area contributed by atoms with Crippen LogP contribution in [0.5, 0.6) is 5.75 Å². The lowest BCUT2D eigenvalue weighted by Gasteiger charge is -2.03. The number of carbonyl (C=O) groups excluding carboxylic acids is 1. The molecule has 1 heterocycles. The van der Waals surface area contributed by atoms with Gasteiger partial charge in [-0.1, -0.05) is 39.2 Å². The Balaban J connectivity index is 1.64. The van der Waals surface area contributed by atoms with Crippen LogP contribution in [-0.4, -0.2) is 23.2 Å². The lowest BCUT2D eigenvalue weighted by atomic mass is 10.1. The van der Waals surface area contributed by atoms with Crippen LogP contribution in [0.2, 0.25) is 0 Å². The van der Waals surface area contributed by atoms with Gasteiger partial charge in [0.25, 0.3) is 0 Å². The lowest BCUT2D eigenvalue weighted by Crippen LogP contribution is -2.14. The van der Waals surface area contributed by atoms with Crippen LogP contribution in [0, 0.1) is 0 Å². The number of nitrogens with one attached hydrogen (secondary N) is 1. The summed E-state index contributed by atoms with van der Waals surface area (Å²) in [5.74, 6) is 0.857. The molecule has 2 aromatic carbocycles. The highest BCUT2D eigenvalue weighted by Crippen LogP contribution is 2.23. The van der Waals surface area contributed by atoms with Gasteiger partial charge in [-0.3, -0.25) is 10.1 Å². The molecule has 0 radical (unpaired) electrons. The molecule has 0 aliphatic carbocycles. The minimum atomic E-state index is -0.232. The van der Waals surface area contributed by atoms with Crippen molar-refractivity contribution in [2.45, 2.75) is 6.42 Å². The van der Waals surface area contributed by atoms with Crippen molar-refractivity contribution in [1.82, 2.24) is 10.2 Å². The van der Waals surface area contributed by atoms with Crippen molar-refractivity contribution in [2.24, 2.45) is 0 Å². The van der Waals surface area contributed by atoms with Crippen LogP contribution >= 0.6 is 15.9 Å². The molecule has 122 valence electrons. The third-order valence-corrected chi connectivity index (χ3v) is 3.76. The molecule has 0 saturated carbocycles. The van der Waals surface area contributed by atoms with Crippen LogP contribution in [0.25, 0.3) is 11.5 Å². The molecular weight excluding hydrogens is 374 g/mol. The molecule has 1 aromatic heterocycles. The molecule has 0 saturated heterocycles. The number of benzene rings is 2. The van der Waals surface area contributed by atoms with Gasteiger partial charge in [0.15, 0.2) is 0 Å². The predicted molar refractivity (Wildman–Crippen MR) is 92.8 cm³/mol. The fourth-order valence-corrected chi connectivity index (χ4v) is 2.50. The second-order valence-electron chi connectivity index (χ2n) is 5.00. The Morgan fingerprint density at radius 1 is 1.21 bits per heavy atom. The molecule has 1 amide bonds. The second kappa shape index (κ2) is 7.27. The average Bonchev–Trinajstić information content (AvgIpc) is 3.04. The van der Waals surface area contributed by atoms with Crippen molar-refractivity contribution in [3.8, 4) is 17.2 Å². The number of amides is 1. The van der Waals surface area contributed by atoms with Crippen molar-refractivity contribution < 1.29 is 13.9 Å². The molecule has 3 rings (SSSR count). The lowest BCUT2D eigenvalue weighted by molar-refractivity contribution is -0.115. The average molecular weight is 388 g/mol. The summed E-state index contributed by atoms with van der Waals surface area (Å²) in [6.07, 6.45) is 0.207. The van der Waals surface area contributed by atoms with Crippen molar-refractivity contribution in [3.05, 3.63) is 58.6 Å². The van der Waals surface area contributed by atoms with E-state index in [1.807, 2.05) is 36.4 Å². The summed E-state index contributed by atoms with van der Waals surface area (Å²) >= 11 is 3.39. The first-order chi connectivity index (χ1) is 11.6. The van der Waals surface area contributed by atoms with Gasteiger partial charge in [-0.2, -0.15) is 0 Å². The Hall–Kier alpha value is -2.67. The van der Waals surface area contributed by atoms with E-state index in [1.165, 1.54) is 0 Å². The molecule has 0 unspecified atom stereocenters. The molecule has 0 atom stereocenters. The zero-order valence-corrected chi connectivity index (χ0v) is 14.4. The molecule has 3 aromatic rings. The quantitative estimate of drug-likeness (QED) is 0.722. The Morgan fingerprint density at radius 2 is 2.00 bits per heavy atom. The third kappa shape index (κ3) is 3.99. The summed E-state index contributed by atoms with van der Waals surface area (Å²) in [5.41, 5.74) is 1.63. The molecule has 24 heavy (non-hydrogen) atoms. The molecule has 6 nitrogen and oxygen atoms in total. The van der Waals surface area contributed by atoms with Gasteiger partial charge in [-0.25, -0.2) is 0 Å². The number of anilines is 1. The van der Waals surface area contributed by atoms with E-state index < -0.39 is 0 Å². The maximum Gasteiger partial charge on any atom is 0.322 e. The highest BCUT2D eigenvalue weighted by Gasteiger charge is 2.12. The van der Waals surface area contributed by atoms with Crippen molar-refractivity contribution in [3.63, 3.8) is 0 Å². The summed E-state index contributed by atoms with van der Waals surface area (Å²) in [6.45, 7) is 0. The van der Waals surface area contributed by atoms with Crippen LogP contribution < -0.4 is 10.1 Å². The largest absolute Gasteiger partial charge is 0.497 e. The van der Waals surface area contributed by atoms with Crippen LogP contribution in [-0.2, 0) is 11.2 Å². The van der Waals surface area contributed by atoms with Crippen LogP contribution in [0.4, 0.5) is 6.01 Å². The van der Waals surface area contributed by atoms with Gasteiger partial charge in [-0.15, -0.1) is 5.10 Å².